The van der Waals surface area contributed by atoms with Gasteiger partial charge in [-0.25, -0.2) is 22.4 Å². The van der Waals surface area contributed by atoms with Gasteiger partial charge in [0.15, 0.2) is 11.6 Å². The molecule has 2 aromatic carbocycles. The molecular formula is C31H29F7N2O3. The van der Waals surface area contributed by atoms with Gasteiger partial charge in [-0.05, 0) is 85.8 Å². The Labute approximate surface area is 243 Å². The standard InChI is InChI=1S/C31H29F7N2O3/c32-22-13-19(14-23(33)16-22)1-2-28(41)40-9-4-20(5-10-40)27(43-29(42)31(36,37)38)18-39-11-7-30(8-12-39)6-3-21-15-25(34)26(35)17-24(21)30/h1-3,6,13-17,20,27H,4-5,7-12,18H2/b2-1+. The van der Waals surface area contributed by atoms with Crippen molar-refractivity contribution < 1.29 is 45.1 Å². The highest BCUT2D eigenvalue weighted by atomic mass is 19.4. The summed E-state index contributed by atoms with van der Waals surface area (Å²) in [6.45, 7) is 1.31. The smallest absolute Gasteiger partial charge is 0.454 e. The van der Waals surface area contributed by atoms with Crippen LogP contribution in [-0.2, 0) is 19.7 Å². The zero-order valence-corrected chi connectivity index (χ0v) is 23.0. The van der Waals surface area contributed by atoms with Crippen LogP contribution in [0.1, 0.15) is 42.4 Å². The molecule has 0 bridgehead atoms. The lowest BCUT2D eigenvalue weighted by Gasteiger charge is -2.42. The highest BCUT2D eigenvalue weighted by Crippen LogP contribution is 2.44. The van der Waals surface area contributed by atoms with Gasteiger partial charge in [0.05, 0.1) is 0 Å². The highest BCUT2D eigenvalue weighted by molar-refractivity contribution is 5.91. The van der Waals surface area contributed by atoms with Crippen molar-refractivity contribution in [3.8, 4) is 0 Å². The van der Waals surface area contributed by atoms with Crippen LogP contribution < -0.4 is 0 Å². The van der Waals surface area contributed by atoms with Gasteiger partial charge in [0.25, 0.3) is 0 Å². The Kier molecular flexibility index (Phi) is 8.69. The number of hydrogen-bond acceptors (Lipinski definition) is 4. The van der Waals surface area contributed by atoms with Crippen LogP contribution >= 0.6 is 0 Å². The van der Waals surface area contributed by atoms with E-state index in [2.05, 4.69) is 0 Å². The second-order valence-corrected chi connectivity index (χ2v) is 11.3. The third kappa shape index (κ3) is 6.95. The van der Waals surface area contributed by atoms with Crippen LogP contribution in [0, 0.1) is 29.2 Å². The number of fused-ring (bicyclic) bond motifs is 2. The number of rotatable bonds is 6. The summed E-state index contributed by atoms with van der Waals surface area (Å²) in [5, 5.41) is 0. The average Bonchev–Trinajstić information content (AvgIpc) is 3.28. The van der Waals surface area contributed by atoms with Crippen LogP contribution in [0.5, 0.6) is 0 Å². The maximum Gasteiger partial charge on any atom is 0.490 e. The van der Waals surface area contributed by atoms with Crippen molar-refractivity contribution in [3.63, 3.8) is 0 Å². The van der Waals surface area contributed by atoms with Crippen LogP contribution in [0.4, 0.5) is 30.7 Å². The van der Waals surface area contributed by atoms with Crippen molar-refractivity contribution >= 4 is 24.0 Å². The number of esters is 1. The fourth-order valence-corrected chi connectivity index (χ4v) is 6.22. The van der Waals surface area contributed by atoms with Crippen molar-refractivity contribution in [2.75, 3.05) is 32.7 Å². The van der Waals surface area contributed by atoms with E-state index in [-0.39, 0.29) is 38.0 Å². The Hall–Kier alpha value is -3.67. The van der Waals surface area contributed by atoms with Gasteiger partial charge < -0.3 is 9.64 Å². The summed E-state index contributed by atoms with van der Waals surface area (Å²) in [5.41, 5.74) is 0.940. The molecule has 1 spiro atoms. The zero-order chi connectivity index (χ0) is 30.9. The van der Waals surface area contributed by atoms with Crippen LogP contribution in [0.15, 0.2) is 42.5 Å². The molecule has 0 radical (unpaired) electrons. The number of carbonyl (C=O) groups is 2. The van der Waals surface area contributed by atoms with Gasteiger partial charge in [-0.1, -0.05) is 12.2 Å². The monoisotopic (exact) mass is 610 g/mol. The molecule has 0 aromatic heterocycles. The lowest BCUT2D eigenvalue weighted by atomic mass is 9.74. The molecule has 1 unspecified atom stereocenters. The molecule has 2 fully saturated rings. The van der Waals surface area contributed by atoms with Crippen molar-refractivity contribution in [2.24, 2.45) is 5.92 Å². The Morgan fingerprint density at radius 1 is 0.930 bits per heavy atom. The summed E-state index contributed by atoms with van der Waals surface area (Å²) in [7, 11) is 0. The number of alkyl halides is 3. The van der Waals surface area contributed by atoms with E-state index in [9.17, 15) is 40.3 Å². The van der Waals surface area contributed by atoms with E-state index in [1.54, 1.807) is 6.08 Å². The van der Waals surface area contributed by atoms with E-state index in [1.165, 1.54) is 23.1 Å². The molecule has 0 saturated carbocycles. The molecule has 5 nitrogen and oxygen atoms in total. The summed E-state index contributed by atoms with van der Waals surface area (Å²) in [4.78, 5) is 27.9. The van der Waals surface area contributed by atoms with Gasteiger partial charge >= 0.3 is 12.1 Å². The number of piperidine rings is 2. The largest absolute Gasteiger partial charge is 0.490 e. The minimum absolute atomic E-state index is 0.0515. The molecule has 2 aromatic rings. The Balaban J connectivity index is 1.21. The topological polar surface area (TPSA) is 49.9 Å². The Morgan fingerprint density at radius 2 is 1.56 bits per heavy atom. The van der Waals surface area contributed by atoms with Crippen LogP contribution in [0.25, 0.3) is 12.2 Å². The van der Waals surface area contributed by atoms with Crippen molar-refractivity contribution in [1.82, 2.24) is 9.80 Å². The molecule has 1 atom stereocenters. The molecule has 3 aliphatic rings. The van der Waals surface area contributed by atoms with E-state index in [4.69, 9.17) is 4.74 Å². The SMILES string of the molecule is O=C(/C=C/c1cc(F)cc(F)c1)N1CCC(C(CN2CCC3(C=Cc4cc(F)c(F)cc43)CC2)OC(=O)C(F)(F)F)CC1. The third-order valence-electron chi connectivity index (χ3n) is 8.57. The van der Waals surface area contributed by atoms with Crippen molar-refractivity contribution in [2.45, 2.75) is 43.4 Å². The molecular weight excluding hydrogens is 581 g/mol. The summed E-state index contributed by atoms with van der Waals surface area (Å²) in [6, 6.07) is 5.21. The Morgan fingerprint density at radius 3 is 2.19 bits per heavy atom. The molecule has 1 aliphatic carbocycles. The molecule has 230 valence electrons. The first-order valence-electron chi connectivity index (χ1n) is 13.9. The minimum atomic E-state index is -5.17. The lowest BCUT2D eigenvalue weighted by Crippen LogP contribution is -2.49. The summed E-state index contributed by atoms with van der Waals surface area (Å²) in [6.07, 6.45) is 1.49. The fourth-order valence-electron chi connectivity index (χ4n) is 6.22. The first-order valence-corrected chi connectivity index (χ1v) is 13.9. The minimum Gasteiger partial charge on any atom is -0.454 e. The molecule has 2 aliphatic heterocycles. The third-order valence-corrected chi connectivity index (χ3v) is 8.57. The molecule has 2 heterocycles. The number of ether oxygens (including phenoxy) is 1. The van der Waals surface area contributed by atoms with Crippen LogP contribution in [0.2, 0.25) is 0 Å². The quantitative estimate of drug-likeness (QED) is 0.228. The number of carbonyl (C=O) groups excluding carboxylic acids is 2. The predicted molar refractivity (Wildman–Crippen MR) is 143 cm³/mol. The van der Waals surface area contributed by atoms with Gasteiger partial charge in [-0.15, -0.1) is 0 Å². The maximum absolute atomic E-state index is 14.0. The number of nitrogens with zero attached hydrogens (tertiary/aromatic N) is 2. The van der Waals surface area contributed by atoms with E-state index in [1.807, 2.05) is 11.0 Å². The number of benzene rings is 2. The van der Waals surface area contributed by atoms with Gasteiger partial charge in [-0.3, -0.25) is 9.69 Å². The number of halogens is 7. The fraction of sp³-hybridized carbons (Fsp3) is 0.419. The molecule has 12 heteroatoms. The normalized spacial score (nSPS) is 19.7. The summed E-state index contributed by atoms with van der Waals surface area (Å²) < 4.78 is 98.9. The number of amides is 1. The number of hydrogen-bond donors (Lipinski definition) is 0. The van der Waals surface area contributed by atoms with Gasteiger partial charge in [0, 0.05) is 43.1 Å². The summed E-state index contributed by atoms with van der Waals surface area (Å²) >= 11 is 0. The Bertz CT molecular complexity index is 1420. The second kappa shape index (κ2) is 12.1. The number of allylic oxidation sites excluding steroid dienone is 1. The van der Waals surface area contributed by atoms with E-state index >= 15 is 0 Å². The highest BCUT2D eigenvalue weighted by Gasteiger charge is 2.45. The zero-order valence-electron chi connectivity index (χ0n) is 23.0. The number of likely N-dealkylation sites (tertiary alicyclic amines) is 2. The van der Waals surface area contributed by atoms with E-state index in [0.29, 0.717) is 43.1 Å². The van der Waals surface area contributed by atoms with Gasteiger partial charge in [0.2, 0.25) is 5.91 Å². The maximum atomic E-state index is 14.0. The predicted octanol–water partition coefficient (Wildman–Crippen LogP) is 6.03. The molecule has 5 rings (SSSR count). The van der Waals surface area contributed by atoms with Crippen molar-refractivity contribution in [1.29, 1.82) is 0 Å². The van der Waals surface area contributed by atoms with Crippen molar-refractivity contribution in [3.05, 3.63) is 82.4 Å². The molecule has 0 N–H and O–H groups in total. The van der Waals surface area contributed by atoms with Gasteiger partial charge in [-0.2, -0.15) is 13.2 Å². The summed E-state index contributed by atoms with van der Waals surface area (Å²) in [5.74, 6) is -6.59. The van der Waals surface area contributed by atoms with Crippen LogP contribution in [-0.4, -0.2) is 66.7 Å². The van der Waals surface area contributed by atoms with E-state index in [0.717, 1.165) is 18.2 Å². The van der Waals surface area contributed by atoms with Gasteiger partial charge in [0.1, 0.15) is 17.7 Å². The second-order valence-electron chi connectivity index (χ2n) is 11.3. The average molecular weight is 611 g/mol. The van der Waals surface area contributed by atoms with E-state index < -0.39 is 58.8 Å². The lowest BCUT2D eigenvalue weighted by molar-refractivity contribution is -0.208. The molecule has 43 heavy (non-hydrogen) atoms. The molecule has 2 saturated heterocycles. The first kappa shape index (κ1) is 30.8. The molecule has 1 amide bonds. The van der Waals surface area contributed by atoms with Crippen LogP contribution in [0.3, 0.4) is 0 Å². The first-order chi connectivity index (χ1) is 20.3.